The zero-order valence-electron chi connectivity index (χ0n) is 19.6. The van der Waals surface area contributed by atoms with Crippen LogP contribution < -0.4 is 5.32 Å². The predicted molar refractivity (Wildman–Crippen MR) is 130 cm³/mol. The van der Waals surface area contributed by atoms with Crippen LogP contribution in [-0.4, -0.2) is 53.3 Å². The molecule has 0 fully saturated rings. The number of carbonyl (C=O) groups excluding carboxylic acids is 3. The minimum atomic E-state index is -1.55. The maximum atomic E-state index is 13.1. The van der Waals surface area contributed by atoms with Crippen LogP contribution >= 0.6 is 0 Å². The molecule has 0 saturated carbocycles. The molecular formula is C27H28N2O6. The van der Waals surface area contributed by atoms with Crippen molar-refractivity contribution in [1.82, 2.24) is 10.3 Å². The Hall–Kier alpha value is -4.04. The molecule has 8 nitrogen and oxygen atoms in total. The first-order valence-electron chi connectivity index (χ1n) is 11.4. The second-order valence-corrected chi connectivity index (χ2v) is 7.66. The number of esters is 2. The third kappa shape index (κ3) is 6.74. The Morgan fingerprint density at radius 1 is 0.943 bits per heavy atom. The Labute approximate surface area is 203 Å². The number of aliphatic hydroxyl groups excluding tert-OH is 1. The summed E-state index contributed by atoms with van der Waals surface area (Å²) in [4.78, 5) is 42.0. The number of pyridine rings is 1. The highest BCUT2D eigenvalue weighted by Crippen LogP contribution is 2.23. The SMILES string of the molecule is CCOC(=O)c1ccccc1-c1cc(C(=O)N[C@H](Cc2ccccc2)[C@@H](O)C(=O)OCC)ccn1. The summed E-state index contributed by atoms with van der Waals surface area (Å²) in [5.41, 5.74) is 2.35. The van der Waals surface area contributed by atoms with Crippen molar-refractivity contribution >= 4 is 17.8 Å². The van der Waals surface area contributed by atoms with E-state index < -0.39 is 30.0 Å². The Bertz CT molecular complexity index is 1170. The summed E-state index contributed by atoms with van der Waals surface area (Å²) in [6.45, 7) is 3.70. The Kier molecular flexibility index (Phi) is 9.09. The number of aliphatic hydroxyl groups is 1. The summed E-state index contributed by atoms with van der Waals surface area (Å²) in [5, 5.41) is 13.3. The van der Waals surface area contributed by atoms with Gasteiger partial charge in [-0.25, -0.2) is 9.59 Å². The molecule has 0 aliphatic rings. The van der Waals surface area contributed by atoms with Crippen molar-refractivity contribution in [2.24, 2.45) is 0 Å². The number of nitrogens with zero attached hydrogens (tertiary/aromatic N) is 1. The minimum Gasteiger partial charge on any atom is -0.464 e. The van der Waals surface area contributed by atoms with E-state index in [1.165, 1.54) is 12.3 Å². The van der Waals surface area contributed by atoms with Crippen LogP contribution in [0.3, 0.4) is 0 Å². The van der Waals surface area contributed by atoms with Gasteiger partial charge in [-0.15, -0.1) is 0 Å². The van der Waals surface area contributed by atoms with E-state index in [2.05, 4.69) is 10.3 Å². The molecule has 3 aromatic rings. The molecule has 1 aromatic heterocycles. The second-order valence-electron chi connectivity index (χ2n) is 7.66. The number of hydrogen-bond acceptors (Lipinski definition) is 7. The lowest BCUT2D eigenvalue weighted by Gasteiger charge is -2.23. The smallest absolute Gasteiger partial charge is 0.338 e. The third-order valence-electron chi connectivity index (χ3n) is 5.24. The van der Waals surface area contributed by atoms with Crippen molar-refractivity contribution in [2.75, 3.05) is 13.2 Å². The molecule has 1 heterocycles. The number of benzene rings is 2. The molecule has 2 aromatic carbocycles. The molecule has 0 bridgehead atoms. The van der Waals surface area contributed by atoms with Gasteiger partial charge in [0.15, 0.2) is 6.10 Å². The van der Waals surface area contributed by atoms with Gasteiger partial charge in [0.25, 0.3) is 5.91 Å². The van der Waals surface area contributed by atoms with Gasteiger partial charge in [0.1, 0.15) is 0 Å². The fourth-order valence-corrected chi connectivity index (χ4v) is 3.57. The summed E-state index contributed by atoms with van der Waals surface area (Å²) in [6.07, 6.45) is 0.126. The monoisotopic (exact) mass is 476 g/mol. The summed E-state index contributed by atoms with van der Waals surface area (Å²) in [6, 6.07) is 18.2. The zero-order chi connectivity index (χ0) is 25.2. The topological polar surface area (TPSA) is 115 Å². The summed E-state index contributed by atoms with van der Waals surface area (Å²) >= 11 is 0. The molecule has 0 radical (unpaired) electrons. The Balaban J connectivity index is 1.87. The first kappa shape index (κ1) is 25.6. The normalized spacial score (nSPS) is 12.3. The van der Waals surface area contributed by atoms with Crippen molar-refractivity contribution in [1.29, 1.82) is 0 Å². The molecule has 3 rings (SSSR count). The number of amides is 1. The van der Waals surface area contributed by atoms with Crippen LogP contribution in [0.2, 0.25) is 0 Å². The highest BCUT2D eigenvalue weighted by atomic mass is 16.5. The Morgan fingerprint density at radius 2 is 1.63 bits per heavy atom. The van der Waals surface area contributed by atoms with E-state index in [1.54, 1.807) is 44.2 Å². The molecule has 0 aliphatic carbocycles. The largest absolute Gasteiger partial charge is 0.464 e. The van der Waals surface area contributed by atoms with Gasteiger partial charge in [0, 0.05) is 17.3 Å². The number of carbonyl (C=O) groups is 3. The lowest BCUT2D eigenvalue weighted by molar-refractivity contribution is -0.154. The third-order valence-corrected chi connectivity index (χ3v) is 5.24. The van der Waals surface area contributed by atoms with Crippen molar-refractivity contribution in [3.8, 4) is 11.3 Å². The maximum absolute atomic E-state index is 13.1. The number of nitrogens with one attached hydrogen (secondary N) is 1. The van der Waals surface area contributed by atoms with E-state index in [0.717, 1.165) is 5.56 Å². The van der Waals surface area contributed by atoms with E-state index in [1.807, 2.05) is 30.3 Å². The number of rotatable bonds is 10. The van der Waals surface area contributed by atoms with Crippen LogP contribution in [0.4, 0.5) is 0 Å². The van der Waals surface area contributed by atoms with Crippen LogP contribution in [0, 0.1) is 0 Å². The minimum absolute atomic E-state index is 0.107. The van der Waals surface area contributed by atoms with Crippen LogP contribution in [0.15, 0.2) is 72.9 Å². The number of hydrogen-bond donors (Lipinski definition) is 2. The molecular weight excluding hydrogens is 448 g/mol. The molecule has 2 N–H and O–H groups in total. The molecule has 8 heteroatoms. The van der Waals surface area contributed by atoms with Crippen LogP contribution in [-0.2, 0) is 20.7 Å². The van der Waals surface area contributed by atoms with Crippen molar-refractivity contribution < 1.29 is 29.0 Å². The first-order valence-corrected chi connectivity index (χ1v) is 11.4. The van der Waals surface area contributed by atoms with Gasteiger partial charge < -0.3 is 19.9 Å². The standard InChI is InChI=1S/C27H28N2O6/c1-3-34-26(32)21-13-9-8-12-20(21)22-17-19(14-15-28-22)25(31)29-23(24(30)27(33)35-4-2)16-18-10-6-5-7-11-18/h5-15,17,23-24,30H,3-4,16H2,1-2H3,(H,29,31)/t23-,24-/m1/s1. The predicted octanol–water partition coefficient (Wildman–Crippen LogP) is 3.19. The summed E-state index contributed by atoms with van der Waals surface area (Å²) in [5.74, 6) is -1.81. The van der Waals surface area contributed by atoms with Crippen LogP contribution in [0.5, 0.6) is 0 Å². The molecule has 0 unspecified atom stereocenters. The average molecular weight is 477 g/mol. The molecule has 0 spiro atoms. The van der Waals surface area contributed by atoms with Crippen molar-refractivity contribution in [3.05, 3.63) is 89.6 Å². The van der Waals surface area contributed by atoms with Gasteiger partial charge >= 0.3 is 11.9 Å². The van der Waals surface area contributed by atoms with Crippen LogP contribution in [0.1, 0.15) is 40.1 Å². The summed E-state index contributed by atoms with van der Waals surface area (Å²) in [7, 11) is 0. The molecule has 2 atom stereocenters. The molecule has 1 amide bonds. The average Bonchev–Trinajstić information content (AvgIpc) is 2.88. The van der Waals surface area contributed by atoms with E-state index >= 15 is 0 Å². The van der Waals surface area contributed by atoms with Gasteiger partial charge in [-0.3, -0.25) is 9.78 Å². The number of aromatic nitrogens is 1. The van der Waals surface area contributed by atoms with Crippen molar-refractivity contribution in [3.63, 3.8) is 0 Å². The molecule has 182 valence electrons. The molecule has 0 saturated heterocycles. The van der Waals surface area contributed by atoms with E-state index in [4.69, 9.17) is 9.47 Å². The van der Waals surface area contributed by atoms with E-state index in [-0.39, 0.29) is 25.2 Å². The maximum Gasteiger partial charge on any atom is 0.338 e. The fourth-order valence-electron chi connectivity index (χ4n) is 3.57. The highest BCUT2D eigenvalue weighted by molar-refractivity contribution is 5.99. The fraction of sp³-hybridized carbons (Fsp3) is 0.259. The second kappa shape index (κ2) is 12.4. The summed E-state index contributed by atoms with van der Waals surface area (Å²) < 4.78 is 10.1. The van der Waals surface area contributed by atoms with Gasteiger partial charge in [-0.1, -0.05) is 48.5 Å². The van der Waals surface area contributed by atoms with Crippen molar-refractivity contribution in [2.45, 2.75) is 32.4 Å². The zero-order valence-corrected chi connectivity index (χ0v) is 19.6. The number of ether oxygens (including phenoxy) is 2. The lowest BCUT2D eigenvalue weighted by Crippen LogP contribution is -2.48. The van der Waals surface area contributed by atoms with Gasteiger partial charge in [-0.05, 0) is 44.0 Å². The van der Waals surface area contributed by atoms with Gasteiger partial charge in [0.05, 0.1) is 30.5 Å². The van der Waals surface area contributed by atoms with Gasteiger partial charge in [-0.2, -0.15) is 0 Å². The quantitative estimate of drug-likeness (QED) is 0.432. The highest BCUT2D eigenvalue weighted by Gasteiger charge is 2.29. The van der Waals surface area contributed by atoms with E-state index in [0.29, 0.717) is 16.8 Å². The lowest BCUT2D eigenvalue weighted by atomic mass is 10.00. The van der Waals surface area contributed by atoms with Gasteiger partial charge in [0.2, 0.25) is 0 Å². The molecule has 0 aliphatic heterocycles. The first-order chi connectivity index (χ1) is 16.9. The van der Waals surface area contributed by atoms with Crippen LogP contribution in [0.25, 0.3) is 11.3 Å². The van der Waals surface area contributed by atoms with E-state index in [9.17, 15) is 19.5 Å². The molecule has 35 heavy (non-hydrogen) atoms. The Morgan fingerprint density at radius 3 is 2.34 bits per heavy atom.